The lowest BCUT2D eigenvalue weighted by Gasteiger charge is -2.31. The van der Waals surface area contributed by atoms with E-state index in [0.717, 1.165) is 10.8 Å². The molecule has 2 atom stereocenters. The van der Waals surface area contributed by atoms with Crippen LogP contribution in [0.5, 0.6) is 11.5 Å². The molecule has 1 aliphatic rings. The van der Waals surface area contributed by atoms with Gasteiger partial charge in [-0.3, -0.25) is 10.1 Å². The molecule has 1 aliphatic heterocycles. The average Bonchev–Trinajstić information content (AvgIpc) is 3.58. The van der Waals surface area contributed by atoms with E-state index < -0.39 is 28.0 Å². The smallest absolute Gasteiger partial charge is 0.411 e. The van der Waals surface area contributed by atoms with Gasteiger partial charge in [-0.15, -0.1) is 0 Å². The number of fused-ring (bicyclic) bond motifs is 1. The molecule has 2 heterocycles. The minimum absolute atomic E-state index is 0.0940. The van der Waals surface area contributed by atoms with Gasteiger partial charge in [0, 0.05) is 29.5 Å². The SMILES string of the molecule is CCOc1cc([C@@H](Nc2ccc3c(N)nccc3c2)C(=O)N2CCC[C@@H]2c2cc(NC(=O)OC)ccc2S(=O)(=O)CC)ccc1OC(C)C. The van der Waals surface area contributed by atoms with E-state index in [4.69, 9.17) is 19.9 Å². The maximum atomic E-state index is 14.8. The molecule has 0 aliphatic carbocycles. The summed E-state index contributed by atoms with van der Waals surface area (Å²) in [5.41, 5.74) is 8.20. The van der Waals surface area contributed by atoms with E-state index >= 15 is 0 Å². The third kappa shape index (κ3) is 7.83. The largest absolute Gasteiger partial charge is 0.490 e. The van der Waals surface area contributed by atoms with Crippen molar-refractivity contribution in [2.24, 2.45) is 0 Å². The molecule has 260 valence electrons. The van der Waals surface area contributed by atoms with Gasteiger partial charge in [-0.1, -0.05) is 13.0 Å². The van der Waals surface area contributed by atoms with Gasteiger partial charge < -0.3 is 30.2 Å². The molecule has 2 amide bonds. The average molecular weight is 690 g/mol. The van der Waals surface area contributed by atoms with Crippen molar-refractivity contribution in [2.75, 3.05) is 42.4 Å². The van der Waals surface area contributed by atoms with E-state index in [0.29, 0.717) is 65.8 Å². The van der Waals surface area contributed by atoms with Gasteiger partial charge in [-0.25, -0.2) is 18.2 Å². The molecule has 4 N–H and O–H groups in total. The normalized spacial score (nSPS) is 15.2. The van der Waals surface area contributed by atoms with Crippen LogP contribution >= 0.6 is 0 Å². The number of methoxy groups -OCH3 is 1. The second kappa shape index (κ2) is 15.0. The summed E-state index contributed by atoms with van der Waals surface area (Å²) in [5.74, 6) is 1.08. The molecule has 0 radical (unpaired) electrons. The lowest BCUT2D eigenvalue weighted by Crippen LogP contribution is -2.38. The summed E-state index contributed by atoms with van der Waals surface area (Å²) < 4.78 is 43.3. The van der Waals surface area contributed by atoms with Gasteiger partial charge in [0.2, 0.25) is 5.91 Å². The van der Waals surface area contributed by atoms with Crippen LogP contribution in [0.1, 0.15) is 63.7 Å². The second-order valence-corrected chi connectivity index (χ2v) is 14.2. The van der Waals surface area contributed by atoms with E-state index in [9.17, 15) is 18.0 Å². The van der Waals surface area contributed by atoms with E-state index in [1.165, 1.54) is 19.2 Å². The van der Waals surface area contributed by atoms with Crippen molar-refractivity contribution in [3.8, 4) is 11.5 Å². The number of amides is 2. The number of carbonyl (C=O) groups is 2. The number of nitrogens with two attached hydrogens (primary N) is 1. The zero-order valence-corrected chi connectivity index (χ0v) is 29.2. The first kappa shape index (κ1) is 35.3. The van der Waals surface area contributed by atoms with Crippen LogP contribution in [-0.4, -0.2) is 62.4 Å². The summed E-state index contributed by atoms with van der Waals surface area (Å²) in [6.07, 6.45) is 2.02. The number of nitrogens with one attached hydrogen (secondary N) is 2. The van der Waals surface area contributed by atoms with Gasteiger partial charge in [-0.05, 0) is 105 Å². The van der Waals surface area contributed by atoms with Crippen molar-refractivity contribution >= 4 is 49.8 Å². The van der Waals surface area contributed by atoms with Crippen molar-refractivity contribution in [2.45, 2.75) is 63.6 Å². The Morgan fingerprint density at radius 2 is 1.80 bits per heavy atom. The predicted octanol–water partition coefficient (Wildman–Crippen LogP) is 6.49. The Morgan fingerprint density at radius 1 is 1.02 bits per heavy atom. The first-order chi connectivity index (χ1) is 23.4. The fraction of sp³-hybridized carbons (Fsp3) is 0.361. The molecular weight excluding hydrogens is 646 g/mol. The fourth-order valence-electron chi connectivity index (χ4n) is 6.08. The molecule has 1 saturated heterocycles. The molecule has 1 fully saturated rings. The standard InChI is InChI=1S/C36H43N5O7S/c1-6-47-31-20-24(10-14-30(31)48-22(3)4)33(39-25-11-13-27-23(19-25)16-17-38-34(27)37)35(42)41-18-8-9-29(41)28-21-26(40-36(43)46-5)12-15-32(28)49(44,45)7-2/h10-17,19-22,29,33,39H,6-9,18H2,1-5H3,(H2,37,38)(H,40,43)/t29-,33-/m1/s1. The topological polar surface area (TPSA) is 162 Å². The number of rotatable bonds is 12. The Morgan fingerprint density at radius 3 is 2.51 bits per heavy atom. The number of hydrogen-bond acceptors (Lipinski definition) is 10. The maximum Gasteiger partial charge on any atom is 0.411 e. The minimum Gasteiger partial charge on any atom is -0.490 e. The molecular formula is C36H43N5O7S. The minimum atomic E-state index is -3.68. The molecule has 12 nitrogen and oxygen atoms in total. The van der Waals surface area contributed by atoms with Crippen LogP contribution in [0.25, 0.3) is 10.8 Å². The Kier molecular flexibility index (Phi) is 10.8. The highest BCUT2D eigenvalue weighted by molar-refractivity contribution is 7.91. The zero-order chi connectivity index (χ0) is 35.3. The van der Waals surface area contributed by atoms with E-state index in [1.54, 1.807) is 36.2 Å². The summed E-state index contributed by atoms with van der Waals surface area (Å²) in [6.45, 7) is 8.10. The summed E-state index contributed by atoms with van der Waals surface area (Å²) in [6, 6.07) is 16.0. The van der Waals surface area contributed by atoms with Crippen LogP contribution in [0.4, 0.5) is 22.0 Å². The van der Waals surface area contributed by atoms with Gasteiger partial charge in [-0.2, -0.15) is 0 Å². The number of carbonyl (C=O) groups excluding carboxylic acids is 2. The lowest BCUT2D eigenvalue weighted by atomic mass is 10.00. The molecule has 1 aromatic heterocycles. The summed E-state index contributed by atoms with van der Waals surface area (Å²) >= 11 is 0. The molecule has 0 unspecified atom stereocenters. The van der Waals surface area contributed by atoms with E-state index in [-0.39, 0.29) is 22.7 Å². The van der Waals surface area contributed by atoms with Crippen LogP contribution < -0.4 is 25.8 Å². The Hall–Kier alpha value is -5.04. The van der Waals surface area contributed by atoms with Crippen molar-refractivity contribution in [1.29, 1.82) is 0 Å². The van der Waals surface area contributed by atoms with Gasteiger partial charge in [0.15, 0.2) is 21.3 Å². The Bertz CT molecular complexity index is 1950. The van der Waals surface area contributed by atoms with Gasteiger partial charge in [0.1, 0.15) is 11.9 Å². The number of benzene rings is 3. The van der Waals surface area contributed by atoms with Crippen LogP contribution in [0.3, 0.4) is 0 Å². The number of hydrogen-bond donors (Lipinski definition) is 3. The molecule has 3 aromatic carbocycles. The highest BCUT2D eigenvalue weighted by atomic mass is 32.2. The first-order valence-electron chi connectivity index (χ1n) is 16.3. The van der Waals surface area contributed by atoms with Gasteiger partial charge >= 0.3 is 6.09 Å². The number of anilines is 3. The van der Waals surface area contributed by atoms with Crippen molar-refractivity contribution < 1.29 is 32.2 Å². The molecule has 0 bridgehead atoms. The highest BCUT2D eigenvalue weighted by Gasteiger charge is 2.38. The van der Waals surface area contributed by atoms with Crippen LogP contribution in [0.2, 0.25) is 0 Å². The van der Waals surface area contributed by atoms with Gasteiger partial charge in [0.25, 0.3) is 0 Å². The van der Waals surface area contributed by atoms with Gasteiger partial charge in [0.05, 0.1) is 36.5 Å². The van der Waals surface area contributed by atoms with Crippen molar-refractivity contribution in [3.05, 3.63) is 78.0 Å². The van der Waals surface area contributed by atoms with Crippen LogP contribution in [-0.2, 0) is 19.4 Å². The van der Waals surface area contributed by atoms with Crippen molar-refractivity contribution in [3.63, 3.8) is 0 Å². The monoisotopic (exact) mass is 689 g/mol. The van der Waals surface area contributed by atoms with Crippen molar-refractivity contribution in [1.82, 2.24) is 9.88 Å². The number of nitrogen functional groups attached to an aromatic ring is 1. The van der Waals surface area contributed by atoms with E-state index in [2.05, 4.69) is 15.6 Å². The highest BCUT2D eigenvalue weighted by Crippen LogP contribution is 2.41. The number of nitrogens with zero attached hydrogens (tertiary/aromatic N) is 2. The number of pyridine rings is 1. The first-order valence-corrected chi connectivity index (χ1v) is 18.0. The van der Waals surface area contributed by atoms with Crippen LogP contribution in [0, 0.1) is 0 Å². The molecule has 0 spiro atoms. The summed E-state index contributed by atoms with van der Waals surface area (Å²) in [4.78, 5) is 32.9. The Balaban J connectivity index is 1.60. The fourth-order valence-corrected chi connectivity index (χ4v) is 7.22. The zero-order valence-electron chi connectivity index (χ0n) is 28.4. The summed E-state index contributed by atoms with van der Waals surface area (Å²) in [5, 5.41) is 7.70. The number of ether oxygens (including phenoxy) is 3. The predicted molar refractivity (Wildman–Crippen MR) is 190 cm³/mol. The molecule has 49 heavy (non-hydrogen) atoms. The second-order valence-electron chi connectivity index (χ2n) is 12.0. The third-order valence-corrected chi connectivity index (χ3v) is 10.2. The lowest BCUT2D eigenvalue weighted by molar-refractivity contribution is -0.133. The molecule has 4 aromatic rings. The molecule has 13 heteroatoms. The maximum absolute atomic E-state index is 14.8. The number of sulfone groups is 1. The molecule has 5 rings (SSSR count). The number of aromatic nitrogens is 1. The third-order valence-electron chi connectivity index (χ3n) is 8.37. The number of likely N-dealkylation sites (tertiary alicyclic amines) is 1. The van der Waals surface area contributed by atoms with Crippen LogP contribution in [0.15, 0.2) is 71.8 Å². The molecule has 0 saturated carbocycles. The Labute approximate surface area is 286 Å². The van der Waals surface area contributed by atoms with E-state index in [1.807, 2.05) is 51.1 Å². The summed E-state index contributed by atoms with van der Waals surface area (Å²) in [7, 11) is -2.44. The quantitative estimate of drug-likeness (QED) is 0.150.